The number of Topliss-reactive ketones (excluding diaryl/α,β-unsaturated/α-hetero) is 1. The first-order valence-electron chi connectivity index (χ1n) is 16.5. The molecule has 0 bridgehead atoms. The van der Waals surface area contributed by atoms with Crippen LogP contribution in [0, 0.1) is 10.8 Å². The van der Waals surface area contributed by atoms with E-state index in [4.69, 9.17) is 0 Å². The Balaban J connectivity index is 0.00000227. The zero-order valence-corrected chi connectivity index (χ0v) is 30.2. The molecule has 1 heteroatoms. The van der Waals surface area contributed by atoms with Gasteiger partial charge in [0.25, 0.3) is 0 Å². The summed E-state index contributed by atoms with van der Waals surface area (Å²) >= 11 is 0. The molecule has 2 aliphatic carbocycles. The molecule has 0 saturated heterocycles. The van der Waals surface area contributed by atoms with Gasteiger partial charge in [0, 0.05) is 0 Å². The van der Waals surface area contributed by atoms with Crippen molar-refractivity contribution < 1.29 is 4.79 Å². The number of hydrogen-bond donors (Lipinski definition) is 0. The second-order valence-electron chi connectivity index (χ2n) is 14.2. The second-order valence-corrected chi connectivity index (χ2v) is 14.2. The molecule has 1 nitrogen and oxygen atoms in total. The van der Waals surface area contributed by atoms with Crippen LogP contribution in [0.15, 0.2) is 130 Å². The Kier molecular flexibility index (Phi) is 17.0. The molecule has 0 fully saturated rings. The van der Waals surface area contributed by atoms with E-state index in [1.807, 2.05) is 0 Å². The zero-order chi connectivity index (χ0) is 33.3. The van der Waals surface area contributed by atoms with E-state index in [0.717, 1.165) is 0 Å². The lowest BCUT2D eigenvalue weighted by Crippen LogP contribution is -2.19. The van der Waals surface area contributed by atoms with Crippen molar-refractivity contribution >= 4 is 5.78 Å². The number of carbonyl (C=O) groups is 1. The fraction of sp³-hybridized carbons (Fsp3) is 0.465. The lowest BCUT2D eigenvalue weighted by atomic mass is 9.72. The van der Waals surface area contributed by atoms with Gasteiger partial charge in [-0.05, 0) is 116 Å². The van der Waals surface area contributed by atoms with Crippen LogP contribution < -0.4 is 0 Å². The van der Waals surface area contributed by atoms with Crippen LogP contribution in [0.1, 0.15) is 122 Å². The molecule has 0 aromatic rings. The molecule has 0 N–H and O–H groups in total. The minimum absolute atomic E-state index is 0.167. The Labute approximate surface area is 272 Å². The van der Waals surface area contributed by atoms with Crippen LogP contribution in [0.25, 0.3) is 0 Å². The molecule has 0 unspecified atom stereocenters. The highest BCUT2D eigenvalue weighted by Gasteiger charge is 2.27. The van der Waals surface area contributed by atoms with Crippen LogP contribution in [0.5, 0.6) is 0 Å². The van der Waals surface area contributed by atoms with Crippen molar-refractivity contribution in [1.82, 2.24) is 0 Å². The zero-order valence-electron chi connectivity index (χ0n) is 30.2. The SMILES string of the molecule is CC(C)=O.CC1=C(/C=C/C(C)=C/C=C/C(C)=C/C=C/C=C(C)/C=C/C=C(C)/C=C/C2=C(C)CCCC2(C)C)C(C)(C)CCC1. The fourth-order valence-electron chi connectivity index (χ4n) is 5.79. The molecule has 0 saturated carbocycles. The van der Waals surface area contributed by atoms with E-state index >= 15 is 0 Å². The standard InChI is InChI=1S/C40H56.C3H6O/c1-31(19-13-21-33(3)25-27-37-35(5)23-15-29-39(37,7)8)17-11-12-18-32(2)20-14-22-34(4)26-28-38-36(6)24-16-30-40(38,9)10;1-3(2)4/h11-14,17-22,25-28H,15-16,23-24,29-30H2,1-10H3;1-2H3/b12-11+,19-13+,20-14+,27-25+,28-26+,31-17+,32-18+,33-21+,34-22+;. The number of carbonyl (C=O) groups excluding carboxylic acids is 1. The maximum absolute atomic E-state index is 9.44. The van der Waals surface area contributed by atoms with Crippen molar-refractivity contribution in [3.05, 3.63) is 130 Å². The normalized spacial score (nSPS) is 20.5. The van der Waals surface area contributed by atoms with E-state index in [9.17, 15) is 4.79 Å². The third kappa shape index (κ3) is 15.5. The largest absolute Gasteiger partial charge is 0.300 e. The average Bonchev–Trinajstić information content (AvgIpc) is 2.89. The molecule has 2 rings (SSSR count). The molecule has 44 heavy (non-hydrogen) atoms. The van der Waals surface area contributed by atoms with Crippen molar-refractivity contribution in [3.8, 4) is 0 Å². The minimum Gasteiger partial charge on any atom is -0.300 e. The van der Waals surface area contributed by atoms with E-state index in [-0.39, 0.29) is 5.78 Å². The summed E-state index contributed by atoms with van der Waals surface area (Å²) in [7, 11) is 0. The predicted octanol–water partition coefficient (Wildman–Crippen LogP) is 13.2. The van der Waals surface area contributed by atoms with Gasteiger partial charge in [-0.25, -0.2) is 0 Å². The van der Waals surface area contributed by atoms with E-state index in [0.29, 0.717) is 10.8 Å². The van der Waals surface area contributed by atoms with Gasteiger partial charge in [-0.1, -0.05) is 146 Å². The molecule has 240 valence electrons. The predicted molar refractivity (Wildman–Crippen MR) is 198 cm³/mol. The molecule has 0 aromatic carbocycles. The number of hydrogen-bond acceptors (Lipinski definition) is 1. The monoisotopic (exact) mass is 594 g/mol. The Bertz CT molecular complexity index is 1210. The summed E-state index contributed by atoms with van der Waals surface area (Å²) in [6, 6.07) is 0. The van der Waals surface area contributed by atoms with Crippen LogP contribution in [0.2, 0.25) is 0 Å². The summed E-state index contributed by atoms with van der Waals surface area (Å²) < 4.78 is 0. The number of ketones is 1. The van der Waals surface area contributed by atoms with Crippen LogP contribution in [-0.4, -0.2) is 5.78 Å². The van der Waals surface area contributed by atoms with Crippen molar-refractivity contribution in [1.29, 1.82) is 0 Å². The first kappa shape index (κ1) is 38.8. The smallest absolute Gasteiger partial charge is 0.126 e. The van der Waals surface area contributed by atoms with Crippen molar-refractivity contribution in [2.24, 2.45) is 10.8 Å². The lowest BCUT2D eigenvalue weighted by Gasteiger charge is -2.33. The van der Waals surface area contributed by atoms with Gasteiger partial charge in [-0.15, -0.1) is 0 Å². The molecule has 0 aromatic heterocycles. The summed E-state index contributed by atoms with van der Waals surface area (Å²) in [5, 5.41) is 0. The third-order valence-electron chi connectivity index (χ3n) is 8.38. The lowest BCUT2D eigenvalue weighted by molar-refractivity contribution is -0.115. The maximum atomic E-state index is 9.44. The summed E-state index contributed by atoms with van der Waals surface area (Å²) in [6.45, 7) is 25.8. The summed E-state index contributed by atoms with van der Waals surface area (Å²) in [4.78, 5) is 9.44. The van der Waals surface area contributed by atoms with Gasteiger partial charge in [-0.3, -0.25) is 0 Å². The fourth-order valence-corrected chi connectivity index (χ4v) is 5.79. The van der Waals surface area contributed by atoms with Crippen molar-refractivity contribution in [2.45, 2.75) is 122 Å². The Hall–Kier alpha value is -3.19. The molecule has 0 amide bonds. The molecule has 0 aliphatic heterocycles. The molecular weight excluding hydrogens is 532 g/mol. The molecule has 0 heterocycles. The maximum Gasteiger partial charge on any atom is 0.126 e. The third-order valence-corrected chi connectivity index (χ3v) is 8.38. The van der Waals surface area contributed by atoms with E-state index in [1.165, 1.54) is 85.8 Å². The Morgan fingerprint density at radius 2 is 0.818 bits per heavy atom. The quantitative estimate of drug-likeness (QED) is 0.230. The number of allylic oxidation sites excluding steroid dienone is 22. The highest BCUT2D eigenvalue weighted by molar-refractivity contribution is 5.72. The van der Waals surface area contributed by atoms with Gasteiger partial charge < -0.3 is 4.79 Å². The van der Waals surface area contributed by atoms with Gasteiger partial charge in [0.1, 0.15) is 5.78 Å². The van der Waals surface area contributed by atoms with E-state index in [1.54, 1.807) is 11.1 Å². The minimum atomic E-state index is 0.167. The molecular formula is C43H62O. The topological polar surface area (TPSA) is 17.1 Å². The van der Waals surface area contributed by atoms with Gasteiger partial charge in [0.2, 0.25) is 0 Å². The molecule has 0 atom stereocenters. The van der Waals surface area contributed by atoms with Gasteiger partial charge in [0.05, 0.1) is 0 Å². The van der Waals surface area contributed by atoms with E-state index < -0.39 is 0 Å². The van der Waals surface area contributed by atoms with E-state index in [2.05, 4.69) is 154 Å². The summed E-state index contributed by atoms with van der Waals surface area (Å²) in [5.41, 5.74) is 11.7. The second kappa shape index (κ2) is 19.3. The van der Waals surface area contributed by atoms with Gasteiger partial charge >= 0.3 is 0 Å². The highest BCUT2D eigenvalue weighted by Crippen LogP contribution is 2.41. The molecule has 0 radical (unpaired) electrons. The first-order valence-corrected chi connectivity index (χ1v) is 16.5. The summed E-state index contributed by atoms with van der Waals surface area (Å²) in [5.74, 6) is 0.167. The van der Waals surface area contributed by atoms with Crippen LogP contribution in [0.3, 0.4) is 0 Å². The van der Waals surface area contributed by atoms with Crippen LogP contribution in [-0.2, 0) is 4.79 Å². The van der Waals surface area contributed by atoms with Gasteiger partial charge in [-0.2, -0.15) is 0 Å². The van der Waals surface area contributed by atoms with Crippen LogP contribution >= 0.6 is 0 Å². The molecule has 2 aliphatic rings. The Morgan fingerprint density at radius 1 is 0.523 bits per heavy atom. The number of rotatable bonds is 10. The summed E-state index contributed by atoms with van der Waals surface area (Å²) in [6.07, 6.45) is 38.4. The average molecular weight is 595 g/mol. The van der Waals surface area contributed by atoms with Gasteiger partial charge in [0.15, 0.2) is 0 Å². The van der Waals surface area contributed by atoms with Crippen LogP contribution in [0.4, 0.5) is 0 Å². The first-order chi connectivity index (χ1) is 20.5. The van der Waals surface area contributed by atoms with Crippen molar-refractivity contribution in [3.63, 3.8) is 0 Å². The van der Waals surface area contributed by atoms with Crippen molar-refractivity contribution in [2.75, 3.05) is 0 Å². The highest BCUT2D eigenvalue weighted by atomic mass is 16.1. The Morgan fingerprint density at radius 3 is 1.14 bits per heavy atom. The molecule has 0 spiro atoms.